The predicted molar refractivity (Wildman–Crippen MR) is 113 cm³/mol. The van der Waals surface area contributed by atoms with Crippen molar-refractivity contribution in [3.05, 3.63) is 0 Å². The lowest BCUT2D eigenvalue weighted by Crippen LogP contribution is -2.57. The van der Waals surface area contributed by atoms with Crippen LogP contribution in [0.5, 0.6) is 0 Å². The van der Waals surface area contributed by atoms with Crippen molar-refractivity contribution >= 4 is 11.9 Å². The van der Waals surface area contributed by atoms with E-state index in [4.69, 9.17) is 5.11 Å². The summed E-state index contributed by atoms with van der Waals surface area (Å²) in [6, 6.07) is 0. The zero-order chi connectivity index (χ0) is 22.0. The van der Waals surface area contributed by atoms with Gasteiger partial charge in [-0.25, -0.2) is 0 Å². The molecular weight excluding hydrogens is 356 g/mol. The van der Waals surface area contributed by atoms with E-state index >= 15 is 0 Å². The van der Waals surface area contributed by atoms with Gasteiger partial charge in [0.25, 0.3) is 0 Å². The van der Waals surface area contributed by atoms with Crippen LogP contribution in [0.3, 0.4) is 0 Å². The van der Waals surface area contributed by atoms with Crippen LogP contribution in [0, 0.1) is 0 Å². The Kier molecular flexibility index (Phi) is 18.6. The number of aliphatic hydroxyl groups excluding tert-OH is 1. The first-order chi connectivity index (χ1) is 13.1. The van der Waals surface area contributed by atoms with Gasteiger partial charge in [0.05, 0.1) is 32.7 Å². The number of carbonyl (C=O) groups is 2. The third-order valence-electron chi connectivity index (χ3n) is 5.22. The maximum atomic E-state index is 12.1. The van der Waals surface area contributed by atoms with Gasteiger partial charge in [-0.1, -0.05) is 65.2 Å². The molecular formula is C22H46N2O4. The molecule has 0 fully saturated rings. The fourth-order valence-corrected chi connectivity index (χ4v) is 2.85. The number of unbranched alkanes of at least 4 members (excludes halogenated alkanes) is 8. The third-order valence-corrected chi connectivity index (χ3v) is 5.22. The van der Waals surface area contributed by atoms with E-state index in [-0.39, 0.29) is 12.1 Å². The minimum atomic E-state index is -1.44. The number of nitrogens with one attached hydrogen (secondary N) is 1. The summed E-state index contributed by atoms with van der Waals surface area (Å²) in [4.78, 5) is 21.4. The van der Waals surface area contributed by atoms with Crippen molar-refractivity contribution in [1.29, 1.82) is 0 Å². The second-order valence-corrected chi connectivity index (χ2v) is 8.16. The summed E-state index contributed by atoms with van der Waals surface area (Å²) in [5.74, 6) is -1.20. The Morgan fingerprint density at radius 1 is 0.929 bits per heavy atom. The van der Waals surface area contributed by atoms with E-state index in [1.54, 1.807) is 0 Å². The molecule has 0 saturated heterocycles. The lowest BCUT2D eigenvalue weighted by molar-refractivity contribution is -0.915. The monoisotopic (exact) mass is 402 g/mol. The van der Waals surface area contributed by atoms with Crippen LogP contribution in [0.2, 0.25) is 0 Å². The quantitative estimate of drug-likeness (QED) is 0.250. The minimum absolute atomic E-state index is 0.231. The van der Waals surface area contributed by atoms with Crippen molar-refractivity contribution in [3.8, 4) is 0 Å². The summed E-state index contributed by atoms with van der Waals surface area (Å²) in [5.41, 5.74) is 0. The lowest BCUT2D eigenvalue weighted by Gasteiger charge is -2.36. The summed E-state index contributed by atoms with van der Waals surface area (Å²) < 4.78 is 0.861. The molecule has 0 aliphatic rings. The molecule has 0 spiro atoms. The first-order valence-electron chi connectivity index (χ1n) is 11.1. The van der Waals surface area contributed by atoms with Gasteiger partial charge in [-0.15, -0.1) is 0 Å². The Bertz CT molecular complexity index is 398. The largest absolute Gasteiger partial charge is 0.547 e. The van der Waals surface area contributed by atoms with Crippen molar-refractivity contribution < 1.29 is 24.3 Å². The number of quaternary nitrogens is 1. The zero-order valence-corrected chi connectivity index (χ0v) is 19.3. The smallest absolute Gasteiger partial charge is 0.224 e. The summed E-state index contributed by atoms with van der Waals surface area (Å²) in [7, 11) is 4.37. The second-order valence-electron chi connectivity index (χ2n) is 8.16. The van der Waals surface area contributed by atoms with E-state index in [9.17, 15) is 14.7 Å². The van der Waals surface area contributed by atoms with Crippen molar-refractivity contribution in [3.63, 3.8) is 0 Å². The summed E-state index contributed by atoms with van der Waals surface area (Å²) >= 11 is 0. The van der Waals surface area contributed by atoms with Gasteiger partial charge in [0.1, 0.15) is 0 Å². The number of hydrogen-bond donors (Lipinski definition) is 2. The topological polar surface area (TPSA) is 89.5 Å². The molecule has 0 bridgehead atoms. The molecule has 2 unspecified atom stereocenters. The molecule has 6 heteroatoms. The maximum absolute atomic E-state index is 12.1. The first kappa shape index (κ1) is 29.1. The summed E-state index contributed by atoms with van der Waals surface area (Å²) in [6.07, 6.45) is 12.3. The van der Waals surface area contributed by atoms with Crippen LogP contribution >= 0.6 is 0 Å². The van der Waals surface area contributed by atoms with Gasteiger partial charge in [-0.05, 0) is 20.3 Å². The van der Waals surface area contributed by atoms with Crippen LogP contribution in [0.4, 0.5) is 0 Å². The van der Waals surface area contributed by atoms with Crippen molar-refractivity contribution in [2.45, 2.75) is 111 Å². The van der Waals surface area contributed by atoms with E-state index in [0.717, 1.165) is 30.8 Å². The Hall–Kier alpha value is -1.14. The van der Waals surface area contributed by atoms with E-state index in [1.807, 2.05) is 0 Å². The van der Waals surface area contributed by atoms with E-state index < -0.39 is 12.1 Å². The fourth-order valence-electron chi connectivity index (χ4n) is 2.85. The van der Waals surface area contributed by atoms with E-state index in [2.05, 4.69) is 40.2 Å². The number of aliphatic carboxylic acids is 1. The first-order valence-corrected chi connectivity index (χ1v) is 11.1. The van der Waals surface area contributed by atoms with Gasteiger partial charge in [0, 0.05) is 12.8 Å². The average molecular weight is 403 g/mol. The lowest BCUT2D eigenvalue weighted by atomic mass is 10.1. The zero-order valence-electron chi connectivity index (χ0n) is 19.3. The van der Waals surface area contributed by atoms with Gasteiger partial charge in [-0.3, -0.25) is 4.79 Å². The molecule has 0 aromatic rings. The highest BCUT2D eigenvalue weighted by molar-refractivity contribution is 5.75. The molecule has 6 nitrogen and oxygen atoms in total. The van der Waals surface area contributed by atoms with Crippen LogP contribution in [0.25, 0.3) is 0 Å². The molecule has 0 heterocycles. The van der Waals surface area contributed by atoms with Gasteiger partial charge in [0.2, 0.25) is 5.91 Å². The molecule has 0 saturated carbocycles. The minimum Gasteiger partial charge on any atom is -0.547 e. The number of hydrogen-bond acceptors (Lipinski definition) is 4. The Labute approximate surface area is 173 Å². The standard InChI is InChI=1S/C19H40N2O.C3H6O3/c1-6-9-10-11-12-13-14-15-16-17-19(22)20-18(7-2)21(4,5)8-3;1-2(4)3(5)6/h18H,6-17H2,1-5H3;2,4H,1H3,(H,5,6). The van der Waals surface area contributed by atoms with Gasteiger partial charge >= 0.3 is 0 Å². The van der Waals surface area contributed by atoms with E-state index in [1.165, 1.54) is 51.4 Å². The van der Waals surface area contributed by atoms with Crippen LogP contribution in [-0.2, 0) is 9.59 Å². The normalized spacial score (nSPS) is 13.2. The number of carbonyl (C=O) groups excluding carboxylic acids is 2. The molecule has 28 heavy (non-hydrogen) atoms. The molecule has 0 aromatic heterocycles. The number of carboxylic acid groups (broad SMARTS) is 1. The molecule has 0 aromatic carbocycles. The number of rotatable bonds is 15. The molecule has 168 valence electrons. The molecule has 0 rings (SSSR count). The highest BCUT2D eigenvalue weighted by Crippen LogP contribution is 2.11. The van der Waals surface area contributed by atoms with Gasteiger partial charge in [0.15, 0.2) is 6.17 Å². The third kappa shape index (κ3) is 17.0. The fraction of sp³-hybridized carbons (Fsp3) is 0.909. The number of aliphatic hydroxyl groups is 1. The van der Waals surface area contributed by atoms with Gasteiger partial charge in [-0.2, -0.15) is 0 Å². The Morgan fingerprint density at radius 3 is 1.71 bits per heavy atom. The summed E-state index contributed by atoms with van der Waals surface area (Å²) in [5, 5.41) is 20.5. The number of amides is 1. The SMILES string of the molecule is CC(O)C(=O)[O-].CCCCCCCCCCCC(=O)NC(CC)[N+](C)(C)CC. The van der Waals surface area contributed by atoms with Crippen molar-refractivity contribution in [1.82, 2.24) is 5.32 Å². The van der Waals surface area contributed by atoms with Crippen LogP contribution in [-0.4, -0.2) is 54.4 Å². The second kappa shape index (κ2) is 17.9. The van der Waals surface area contributed by atoms with Gasteiger partial charge < -0.3 is 24.8 Å². The Morgan fingerprint density at radius 2 is 1.36 bits per heavy atom. The van der Waals surface area contributed by atoms with Crippen LogP contribution in [0.1, 0.15) is 98.3 Å². The molecule has 1 amide bonds. The molecule has 0 radical (unpaired) electrons. The predicted octanol–water partition coefficient (Wildman–Crippen LogP) is 2.97. The average Bonchev–Trinajstić information content (AvgIpc) is 2.65. The number of carboxylic acids is 1. The van der Waals surface area contributed by atoms with E-state index in [0.29, 0.717) is 6.42 Å². The highest BCUT2D eigenvalue weighted by atomic mass is 16.4. The molecule has 2 N–H and O–H groups in total. The Balaban J connectivity index is 0. The van der Waals surface area contributed by atoms with Crippen LogP contribution in [0.15, 0.2) is 0 Å². The van der Waals surface area contributed by atoms with Crippen LogP contribution < -0.4 is 10.4 Å². The maximum Gasteiger partial charge on any atom is 0.224 e. The molecule has 0 aliphatic carbocycles. The molecule has 2 atom stereocenters. The van der Waals surface area contributed by atoms with Crippen molar-refractivity contribution in [2.24, 2.45) is 0 Å². The number of nitrogens with zero attached hydrogens (tertiary/aromatic N) is 1. The molecule has 0 aliphatic heterocycles. The highest BCUT2D eigenvalue weighted by Gasteiger charge is 2.25. The summed E-state index contributed by atoms with van der Waals surface area (Å²) in [6.45, 7) is 8.76. The van der Waals surface area contributed by atoms with Crippen molar-refractivity contribution in [2.75, 3.05) is 20.6 Å².